The van der Waals surface area contributed by atoms with E-state index in [0.717, 1.165) is 17.1 Å². The smallest absolute Gasteiger partial charge is 0.193 e. The van der Waals surface area contributed by atoms with Gasteiger partial charge in [0.05, 0.1) is 12.2 Å². The molecule has 2 aromatic rings. The summed E-state index contributed by atoms with van der Waals surface area (Å²) in [6.07, 6.45) is 0. The van der Waals surface area contributed by atoms with Crippen molar-refractivity contribution in [3.63, 3.8) is 0 Å². The molecule has 0 saturated heterocycles. The van der Waals surface area contributed by atoms with E-state index in [9.17, 15) is 0 Å². The van der Waals surface area contributed by atoms with Crippen LogP contribution in [0.15, 0.2) is 47.5 Å². The van der Waals surface area contributed by atoms with Gasteiger partial charge in [0.1, 0.15) is 0 Å². The maximum absolute atomic E-state index is 5.85. The Bertz CT molecular complexity index is 596. The number of aryl methyl sites for hydroxylation is 2. The van der Waals surface area contributed by atoms with Crippen LogP contribution in [0, 0.1) is 13.8 Å². The Hall–Kier alpha value is -1.63. The SMILES string of the molecule is Cc1cccc(NC(N)=NCc2cccc(C)n2)c1.I. The Morgan fingerprint density at radius 2 is 1.95 bits per heavy atom. The fourth-order valence-electron chi connectivity index (χ4n) is 1.76. The number of aliphatic imine (C=N–C) groups is 1. The van der Waals surface area contributed by atoms with Crippen LogP contribution >= 0.6 is 24.0 Å². The molecule has 0 unspecified atom stereocenters. The molecule has 1 aromatic heterocycles. The van der Waals surface area contributed by atoms with Crippen molar-refractivity contribution in [3.05, 3.63) is 59.4 Å². The van der Waals surface area contributed by atoms with E-state index in [2.05, 4.69) is 15.3 Å². The highest BCUT2D eigenvalue weighted by Crippen LogP contribution is 2.09. The van der Waals surface area contributed by atoms with Crippen molar-refractivity contribution in [2.24, 2.45) is 10.7 Å². The van der Waals surface area contributed by atoms with Gasteiger partial charge in [-0.2, -0.15) is 0 Å². The standard InChI is InChI=1S/C15H18N4.HI/c1-11-5-3-7-13(9-11)19-15(16)17-10-14-8-4-6-12(2)18-14;/h3-9H,10H2,1-2H3,(H3,16,17,19);1H. The van der Waals surface area contributed by atoms with Gasteiger partial charge in [0.15, 0.2) is 5.96 Å². The predicted octanol–water partition coefficient (Wildman–Crippen LogP) is 3.24. The minimum atomic E-state index is 0. The van der Waals surface area contributed by atoms with Crippen molar-refractivity contribution in [2.75, 3.05) is 5.32 Å². The van der Waals surface area contributed by atoms with Crippen LogP contribution in [0.1, 0.15) is 17.0 Å². The van der Waals surface area contributed by atoms with E-state index in [1.165, 1.54) is 5.56 Å². The highest BCUT2D eigenvalue weighted by Gasteiger charge is 1.97. The lowest BCUT2D eigenvalue weighted by molar-refractivity contribution is 0.965. The summed E-state index contributed by atoms with van der Waals surface area (Å²) < 4.78 is 0. The number of rotatable bonds is 3. The third-order valence-corrected chi connectivity index (χ3v) is 2.65. The molecule has 5 heteroatoms. The van der Waals surface area contributed by atoms with E-state index in [-0.39, 0.29) is 24.0 Å². The lowest BCUT2D eigenvalue weighted by Crippen LogP contribution is -2.22. The summed E-state index contributed by atoms with van der Waals surface area (Å²) in [5.41, 5.74) is 9.87. The number of nitrogens with zero attached hydrogens (tertiary/aromatic N) is 2. The molecule has 0 saturated carbocycles. The molecule has 20 heavy (non-hydrogen) atoms. The zero-order chi connectivity index (χ0) is 13.7. The van der Waals surface area contributed by atoms with E-state index >= 15 is 0 Å². The summed E-state index contributed by atoms with van der Waals surface area (Å²) in [5.74, 6) is 0.397. The van der Waals surface area contributed by atoms with E-state index in [1.54, 1.807) is 0 Å². The average molecular weight is 382 g/mol. The first-order valence-electron chi connectivity index (χ1n) is 6.19. The fourth-order valence-corrected chi connectivity index (χ4v) is 1.76. The molecule has 2 rings (SSSR count). The molecule has 106 valence electrons. The van der Waals surface area contributed by atoms with Crippen molar-refractivity contribution >= 4 is 35.6 Å². The molecule has 1 aromatic carbocycles. The van der Waals surface area contributed by atoms with Gasteiger partial charge in [-0.05, 0) is 43.7 Å². The van der Waals surface area contributed by atoms with Crippen LogP contribution in [-0.4, -0.2) is 10.9 Å². The van der Waals surface area contributed by atoms with Gasteiger partial charge in [-0.3, -0.25) is 4.98 Å². The van der Waals surface area contributed by atoms with Gasteiger partial charge in [-0.25, -0.2) is 4.99 Å². The van der Waals surface area contributed by atoms with Crippen molar-refractivity contribution in [1.82, 2.24) is 4.98 Å². The molecule has 4 nitrogen and oxygen atoms in total. The van der Waals surface area contributed by atoms with Crippen molar-refractivity contribution < 1.29 is 0 Å². The highest BCUT2D eigenvalue weighted by molar-refractivity contribution is 14.0. The van der Waals surface area contributed by atoms with Gasteiger partial charge in [0, 0.05) is 11.4 Å². The first-order chi connectivity index (χ1) is 9.13. The summed E-state index contributed by atoms with van der Waals surface area (Å²) in [5, 5.41) is 3.07. The van der Waals surface area contributed by atoms with Gasteiger partial charge in [-0.15, -0.1) is 24.0 Å². The fraction of sp³-hybridized carbons (Fsp3) is 0.200. The zero-order valence-corrected chi connectivity index (χ0v) is 14.0. The number of pyridine rings is 1. The van der Waals surface area contributed by atoms with Gasteiger partial charge in [0.25, 0.3) is 0 Å². The molecule has 3 N–H and O–H groups in total. The number of aromatic nitrogens is 1. The van der Waals surface area contributed by atoms with Gasteiger partial charge in [0.2, 0.25) is 0 Å². The number of halogens is 1. The predicted molar refractivity (Wildman–Crippen MR) is 94.5 cm³/mol. The monoisotopic (exact) mass is 382 g/mol. The van der Waals surface area contributed by atoms with Gasteiger partial charge < -0.3 is 11.1 Å². The number of hydrogen-bond donors (Lipinski definition) is 2. The molecule has 0 bridgehead atoms. The number of nitrogens with two attached hydrogens (primary N) is 1. The Kier molecular flexibility index (Phi) is 6.44. The maximum Gasteiger partial charge on any atom is 0.193 e. The van der Waals surface area contributed by atoms with Crippen molar-refractivity contribution in [1.29, 1.82) is 0 Å². The summed E-state index contributed by atoms with van der Waals surface area (Å²) in [6.45, 7) is 4.48. The van der Waals surface area contributed by atoms with Crippen LogP contribution in [0.4, 0.5) is 5.69 Å². The number of guanidine groups is 1. The Morgan fingerprint density at radius 1 is 1.20 bits per heavy atom. The molecule has 0 radical (unpaired) electrons. The molecule has 1 heterocycles. The molecule has 0 aliphatic carbocycles. The normalized spacial score (nSPS) is 10.8. The van der Waals surface area contributed by atoms with Crippen LogP contribution in [0.25, 0.3) is 0 Å². The molecule has 0 atom stereocenters. The Labute approximate surface area is 136 Å². The van der Waals surface area contributed by atoms with E-state index in [1.807, 2.05) is 56.3 Å². The second-order valence-corrected chi connectivity index (χ2v) is 4.47. The second kappa shape index (κ2) is 7.84. The van der Waals surface area contributed by atoms with Crippen molar-refractivity contribution in [3.8, 4) is 0 Å². The number of benzene rings is 1. The summed E-state index contributed by atoms with van der Waals surface area (Å²) in [7, 11) is 0. The molecular weight excluding hydrogens is 363 g/mol. The highest BCUT2D eigenvalue weighted by atomic mass is 127. The van der Waals surface area contributed by atoms with Crippen molar-refractivity contribution in [2.45, 2.75) is 20.4 Å². The maximum atomic E-state index is 5.85. The third kappa shape index (κ3) is 5.16. The van der Waals surface area contributed by atoms with Gasteiger partial charge >= 0.3 is 0 Å². The average Bonchev–Trinajstić information content (AvgIpc) is 2.36. The van der Waals surface area contributed by atoms with Crippen LogP contribution in [0.3, 0.4) is 0 Å². The number of anilines is 1. The first kappa shape index (κ1) is 16.4. The molecule has 0 spiro atoms. The minimum absolute atomic E-state index is 0. The first-order valence-corrected chi connectivity index (χ1v) is 6.19. The largest absolute Gasteiger partial charge is 0.370 e. The lowest BCUT2D eigenvalue weighted by Gasteiger charge is -2.06. The van der Waals surface area contributed by atoms with Crippen LogP contribution < -0.4 is 11.1 Å². The van der Waals surface area contributed by atoms with E-state index in [4.69, 9.17) is 5.73 Å². The Balaban J connectivity index is 0.00000200. The molecule has 0 fully saturated rings. The van der Waals surface area contributed by atoms with Crippen LogP contribution in [0.2, 0.25) is 0 Å². The second-order valence-electron chi connectivity index (χ2n) is 4.47. The lowest BCUT2D eigenvalue weighted by atomic mass is 10.2. The van der Waals surface area contributed by atoms with E-state index in [0.29, 0.717) is 12.5 Å². The summed E-state index contributed by atoms with van der Waals surface area (Å²) in [4.78, 5) is 8.66. The Morgan fingerprint density at radius 3 is 2.65 bits per heavy atom. The van der Waals surface area contributed by atoms with Crippen LogP contribution in [-0.2, 0) is 6.54 Å². The molecular formula is C15H19IN4. The quantitative estimate of drug-likeness (QED) is 0.487. The molecule has 0 aliphatic heterocycles. The number of nitrogens with one attached hydrogen (secondary N) is 1. The summed E-state index contributed by atoms with van der Waals surface area (Å²) in [6, 6.07) is 13.9. The van der Waals surface area contributed by atoms with Crippen LogP contribution in [0.5, 0.6) is 0 Å². The third-order valence-electron chi connectivity index (χ3n) is 2.65. The molecule has 0 amide bonds. The van der Waals surface area contributed by atoms with E-state index < -0.39 is 0 Å². The summed E-state index contributed by atoms with van der Waals surface area (Å²) >= 11 is 0. The molecule has 0 aliphatic rings. The number of hydrogen-bond acceptors (Lipinski definition) is 2. The minimum Gasteiger partial charge on any atom is -0.370 e. The van der Waals surface area contributed by atoms with Gasteiger partial charge in [-0.1, -0.05) is 18.2 Å². The zero-order valence-electron chi connectivity index (χ0n) is 11.6. The topological polar surface area (TPSA) is 63.3 Å².